The zero-order valence-electron chi connectivity index (χ0n) is 14.4. The van der Waals surface area contributed by atoms with Gasteiger partial charge in [0.05, 0.1) is 18.3 Å². The highest BCUT2D eigenvalue weighted by molar-refractivity contribution is 5.56. The Morgan fingerprint density at radius 1 is 1.08 bits per heavy atom. The minimum absolute atomic E-state index is 0.0353. The number of hydrogen-bond acceptors (Lipinski definition) is 5. The van der Waals surface area contributed by atoms with Crippen LogP contribution in [0.15, 0.2) is 41.5 Å². The van der Waals surface area contributed by atoms with Crippen molar-refractivity contribution >= 4 is 0 Å². The number of likely N-dealkylation sites (tertiary alicyclic amines) is 1. The van der Waals surface area contributed by atoms with Crippen LogP contribution >= 0.6 is 0 Å². The van der Waals surface area contributed by atoms with E-state index in [-0.39, 0.29) is 5.56 Å². The molecule has 4 heterocycles. The molecule has 0 amide bonds. The van der Waals surface area contributed by atoms with Gasteiger partial charge in [0.2, 0.25) is 0 Å². The molecule has 2 fully saturated rings. The molecule has 6 nitrogen and oxygen atoms in total. The molecule has 2 aromatic heterocycles. The van der Waals surface area contributed by atoms with Crippen molar-refractivity contribution in [3.05, 3.63) is 47.0 Å². The molecular weight excluding hydrogens is 316 g/mol. The molecule has 132 valence electrons. The summed E-state index contributed by atoms with van der Waals surface area (Å²) in [6.07, 6.45) is 7.53. The zero-order valence-corrected chi connectivity index (χ0v) is 14.4. The number of rotatable bonds is 5. The zero-order chi connectivity index (χ0) is 17.1. The van der Waals surface area contributed by atoms with Crippen LogP contribution in [0.1, 0.15) is 19.3 Å². The molecule has 0 radical (unpaired) electrons. The van der Waals surface area contributed by atoms with Crippen molar-refractivity contribution in [3.8, 4) is 11.3 Å². The van der Waals surface area contributed by atoms with E-state index in [9.17, 15) is 4.79 Å². The number of hydrogen-bond donors (Lipinski definition) is 0. The van der Waals surface area contributed by atoms with Crippen LogP contribution in [0, 0.1) is 5.92 Å². The topological polar surface area (TPSA) is 60.2 Å². The molecule has 2 aliphatic rings. The first kappa shape index (κ1) is 16.4. The van der Waals surface area contributed by atoms with Gasteiger partial charge in [-0.2, -0.15) is 5.10 Å². The Morgan fingerprint density at radius 3 is 2.68 bits per heavy atom. The third-order valence-electron chi connectivity index (χ3n) is 5.04. The summed E-state index contributed by atoms with van der Waals surface area (Å²) in [6.45, 7) is 4.65. The van der Waals surface area contributed by atoms with Gasteiger partial charge in [-0.1, -0.05) is 0 Å². The summed E-state index contributed by atoms with van der Waals surface area (Å²) in [4.78, 5) is 18.6. The second-order valence-corrected chi connectivity index (χ2v) is 7.05. The average molecular weight is 340 g/mol. The van der Waals surface area contributed by atoms with E-state index in [2.05, 4.69) is 15.0 Å². The Balaban J connectivity index is 1.35. The maximum atomic E-state index is 12.1. The molecule has 0 bridgehead atoms. The van der Waals surface area contributed by atoms with Gasteiger partial charge in [-0.3, -0.25) is 14.7 Å². The molecule has 1 unspecified atom stereocenters. The van der Waals surface area contributed by atoms with Crippen LogP contribution in [0.3, 0.4) is 0 Å². The van der Waals surface area contributed by atoms with E-state index in [0.717, 1.165) is 37.5 Å². The van der Waals surface area contributed by atoms with Crippen LogP contribution in [-0.2, 0) is 11.3 Å². The highest BCUT2D eigenvalue weighted by Gasteiger charge is 2.30. The third kappa shape index (κ3) is 3.96. The molecule has 25 heavy (non-hydrogen) atoms. The standard InChI is InChI=1S/C19H24N4O2/c24-19-5-4-18(16-6-8-20-9-7-16)21-23(19)13-15-11-22(12-15)14-17-3-1-2-10-25-17/h4-9,15,17H,1-3,10-14H2. The summed E-state index contributed by atoms with van der Waals surface area (Å²) >= 11 is 0. The van der Waals surface area contributed by atoms with Gasteiger partial charge in [0, 0.05) is 56.2 Å². The van der Waals surface area contributed by atoms with Gasteiger partial charge < -0.3 is 4.74 Å². The van der Waals surface area contributed by atoms with Crippen molar-refractivity contribution in [2.75, 3.05) is 26.2 Å². The maximum absolute atomic E-state index is 12.1. The fraction of sp³-hybridized carbons (Fsp3) is 0.526. The van der Waals surface area contributed by atoms with E-state index in [1.54, 1.807) is 29.2 Å². The molecule has 0 aromatic carbocycles. The molecule has 6 heteroatoms. The highest BCUT2D eigenvalue weighted by atomic mass is 16.5. The smallest absolute Gasteiger partial charge is 0.266 e. The van der Waals surface area contributed by atoms with Gasteiger partial charge in [0.25, 0.3) is 5.56 Å². The first-order chi connectivity index (χ1) is 12.3. The van der Waals surface area contributed by atoms with Crippen LogP contribution in [0.2, 0.25) is 0 Å². The summed E-state index contributed by atoms with van der Waals surface area (Å²) in [5.74, 6) is 0.487. The van der Waals surface area contributed by atoms with Gasteiger partial charge in [-0.25, -0.2) is 4.68 Å². The molecule has 2 saturated heterocycles. The van der Waals surface area contributed by atoms with E-state index in [1.165, 1.54) is 19.3 Å². The van der Waals surface area contributed by atoms with Crippen molar-refractivity contribution < 1.29 is 4.74 Å². The number of aromatic nitrogens is 3. The summed E-state index contributed by atoms with van der Waals surface area (Å²) in [5, 5.41) is 4.54. The molecule has 4 rings (SSSR count). The molecule has 0 spiro atoms. The first-order valence-electron chi connectivity index (χ1n) is 9.10. The fourth-order valence-corrected chi connectivity index (χ4v) is 3.68. The lowest BCUT2D eigenvalue weighted by atomic mass is 9.98. The highest BCUT2D eigenvalue weighted by Crippen LogP contribution is 2.21. The van der Waals surface area contributed by atoms with Gasteiger partial charge in [0.15, 0.2) is 0 Å². The molecule has 0 aliphatic carbocycles. The Bertz CT molecular complexity index is 750. The summed E-state index contributed by atoms with van der Waals surface area (Å²) in [6, 6.07) is 7.20. The van der Waals surface area contributed by atoms with E-state index < -0.39 is 0 Å². The summed E-state index contributed by atoms with van der Waals surface area (Å²) < 4.78 is 7.41. The average Bonchev–Trinajstić information content (AvgIpc) is 2.63. The lowest BCUT2D eigenvalue weighted by molar-refractivity contribution is -0.0322. The predicted octanol–water partition coefficient (Wildman–Crippen LogP) is 1.81. The molecule has 0 N–H and O–H groups in total. The lowest BCUT2D eigenvalue weighted by Gasteiger charge is -2.41. The van der Waals surface area contributed by atoms with Crippen molar-refractivity contribution in [2.45, 2.75) is 31.9 Å². The maximum Gasteiger partial charge on any atom is 0.266 e. The third-order valence-corrected chi connectivity index (χ3v) is 5.04. The minimum Gasteiger partial charge on any atom is -0.377 e. The Labute approximate surface area is 147 Å². The Hall–Kier alpha value is -2.05. The Morgan fingerprint density at radius 2 is 1.92 bits per heavy atom. The normalized spacial score (nSPS) is 21.8. The SMILES string of the molecule is O=c1ccc(-c2ccncc2)nn1CC1CN(CC2CCCCO2)C1. The monoisotopic (exact) mass is 340 g/mol. The van der Waals surface area contributed by atoms with E-state index in [0.29, 0.717) is 18.6 Å². The van der Waals surface area contributed by atoms with Crippen molar-refractivity contribution in [1.29, 1.82) is 0 Å². The van der Waals surface area contributed by atoms with Gasteiger partial charge in [-0.15, -0.1) is 0 Å². The molecular formula is C19H24N4O2. The molecule has 1 atom stereocenters. The minimum atomic E-state index is -0.0353. The van der Waals surface area contributed by atoms with E-state index in [4.69, 9.17) is 4.74 Å². The van der Waals surface area contributed by atoms with Gasteiger partial charge in [-0.05, 0) is 37.5 Å². The number of nitrogens with zero attached hydrogens (tertiary/aromatic N) is 4. The Kier molecular flexibility index (Phi) is 4.90. The molecule has 2 aromatic rings. The number of pyridine rings is 1. The van der Waals surface area contributed by atoms with Crippen molar-refractivity contribution in [2.24, 2.45) is 5.92 Å². The van der Waals surface area contributed by atoms with Gasteiger partial charge >= 0.3 is 0 Å². The second-order valence-electron chi connectivity index (χ2n) is 7.05. The number of ether oxygens (including phenoxy) is 1. The summed E-state index contributed by atoms with van der Waals surface area (Å²) in [7, 11) is 0. The fourth-order valence-electron chi connectivity index (χ4n) is 3.68. The van der Waals surface area contributed by atoms with Crippen molar-refractivity contribution in [1.82, 2.24) is 19.7 Å². The van der Waals surface area contributed by atoms with E-state index in [1.807, 2.05) is 12.1 Å². The van der Waals surface area contributed by atoms with Crippen LogP contribution < -0.4 is 5.56 Å². The quantitative estimate of drug-likeness (QED) is 0.831. The van der Waals surface area contributed by atoms with Crippen LogP contribution in [-0.4, -0.2) is 52.0 Å². The molecule has 0 saturated carbocycles. The van der Waals surface area contributed by atoms with Gasteiger partial charge in [0.1, 0.15) is 0 Å². The lowest BCUT2D eigenvalue weighted by Crippen LogP contribution is -2.52. The largest absolute Gasteiger partial charge is 0.377 e. The molecule has 2 aliphatic heterocycles. The van der Waals surface area contributed by atoms with Crippen LogP contribution in [0.5, 0.6) is 0 Å². The first-order valence-corrected chi connectivity index (χ1v) is 9.10. The van der Waals surface area contributed by atoms with Crippen molar-refractivity contribution in [3.63, 3.8) is 0 Å². The van der Waals surface area contributed by atoms with Crippen LogP contribution in [0.4, 0.5) is 0 Å². The summed E-state index contributed by atoms with van der Waals surface area (Å²) in [5.41, 5.74) is 1.76. The predicted molar refractivity (Wildman–Crippen MR) is 95.2 cm³/mol. The second kappa shape index (κ2) is 7.45. The van der Waals surface area contributed by atoms with E-state index >= 15 is 0 Å². The van der Waals surface area contributed by atoms with Crippen LogP contribution in [0.25, 0.3) is 11.3 Å².